The van der Waals surface area contributed by atoms with E-state index in [1.54, 1.807) is 6.07 Å². The maximum atomic E-state index is 13.8. The number of nitrogens with one attached hydrogen (secondary N) is 1. The average molecular weight is 330 g/mol. The molecule has 24 heavy (non-hydrogen) atoms. The molecule has 0 saturated heterocycles. The summed E-state index contributed by atoms with van der Waals surface area (Å²) in [6, 6.07) is 13.0. The van der Waals surface area contributed by atoms with Gasteiger partial charge in [0.15, 0.2) is 23.0 Å². The summed E-state index contributed by atoms with van der Waals surface area (Å²) in [6.45, 7) is 6.77. The van der Waals surface area contributed by atoms with Crippen molar-refractivity contribution in [2.45, 2.75) is 26.7 Å². The fraction of sp³-hybridized carbons (Fsp3) is 0.316. The summed E-state index contributed by atoms with van der Waals surface area (Å²) < 4.78 is 24.2. The summed E-state index contributed by atoms with van der Waals surface area (Å²) in [6.07, 6.45) is 0. The largest absolute Gasteiger partial charge is 0.493 e. The van der Waals surface area contributed by atoms with E-state index < -0.39 is 5.82 Å². The molecule has 1 N–H and O–H groups in total. The Balaban J connectivity index is 0.00000100. The second kappa shape index (κ2) is 8.34. The van der Waals surface area contributed by atoms with Gasteiger partial charge in [-0.05, 0) is 23.6 Å². The lowest BCUT2D eigenvalue weighted by molar-refractivity contribution is 0.391. The summed E-state index contributed by atoms with van der Waals surface area (Å²) in [5.74, 6) is 0.493. The van der Waals surface area contributed by atoms with Crippen molar-refractivity contribution in [1.82, 2.24) is 5.16 Å². The number of nitrogens with zero attached hydrogens (tertiary/aromatic N) is 1. The Kier molecular flexibility index (Phi) is 6.18. The summed E-state index contributed by atoms with van der Waals surface area (Å²) in [5, 5.41) is 7.72. The van der Waals surface area contributed by atoms with Gasteiger partial charge < -0.3 is 14.6 Å². The lowest BCUT2D eigenvalue weighted by Crippen LogP contribution is -2.10. The van der Waals surface area contributed by atoms with E-state index in [1.165, 1.54) is 18.7 Å². The minimum absolute atomic E-state index is 0.147. The molecule has 0 amide bonds. The summed E-state index contributed by atoms with van der Waals surface area (Å²) in [7, 11) is 1.43. The molecule has 1 aromatic heterocycles. The number of hydrogen-bond donors (Lipinski definition) is 1. The average Bonchev–Trinajstić information content (AvgIpc) is 3.05. The van der Waals surface area contributed by atoms with Gasteiger partial charge in [0.2, 0.25) is 0 Å². The van der Waals surface area contributed by atoms with Gasteiger partial charge in [0, 0.05) is 6.54 Å². The van der Waals surface area contributed by atoms with E-state index in [2.05, 4.69) is 29.5 Å². The first-order valence-electron chi connectivity index (χ1n) is 8.11. The molecule has 0 fully saturated rings. The van der Waals surface area contributed by atoms with Gasteiger partial charge in [-0.15, -0.1) is 0 Å². The molecule has 0 aliphatic rings. The highest BCUT2D eigenvalue weighted by Gasteiger charge is 2.17. The van der Waals surface area contributed by atoms with Crippen LogP contribution in [0.15, 0.2) is 47.0 Å². The lowest BCUT2D eigenvalue weighted by atomic mass is 10.0. The third-order valence-corrected chi connectivity index (χ3v) is 3.69. The van der Waals surface area contributed by atoms with E-state index in [9.17, 15) is 4.39 Å². The quantitative estimate of drug-likeness (QED) is 0.697. The standard InChI is InChI=1S/C17H17FN2O2.C2H6/c1-11(12-6-4-3-5-7-12)10-19-17-15-14(22-20-17)9-8-13(18)16(15)21-2;1-2/h3-9,11H,10H2,1-2H3,(H,19,20);1-2H3. The fourth-order valence-corrected chi connectivity index (χ4v) is 2.45. The Hall–Kier alpha value is -2.56. The Morgan fingerprint density at radius 2 is 1.88 bits per heavy atom. The molecule has 0 spiro atoms. The molecule has 128 valence electrons. The van der Waals surface area contributed by atoms with Crippen molar-refractivity contribution in [3.63, 3.8) is 0 Å². The number of aromatic nitrogens is 1. The van der Waals surface area contributed by atoms with Crippen LogP contribution in [0.3, 0.4) is 0 Å². The van der Waals surface area contributed by atoms with Crippen LogP contribution in [0.4, 0.5) is 10.2 Å². The fourth-order valence-electron chi connectivity index (χ4n) is 2.45. The molecule has 1 heterocycles. The molecule has 0 bridgehead atoms. The Bertz CT molecular complexity index is 772. The van der Waals surface area contributed by atoms with E-state index in [0.717, 1.165) is 0 Å². The maximum Gasteiger partial charge on any atom is 0.181 e. The van der Waals surface area contributed by atoms with Crippen molar-refractivity contribution in [2.75, 3.05) is 19.0 Å². The van der Waals surface area contributed by atoms with Crippen LogP contribution < -0.4 is 10.1 Å². The van der Waals surface area contributed by atoms with E-state index in [0.29, 0.717) is 23.3 Å². The maximum absolute atomic E-state index is 13.8. The number of benzene rings is 2. The first-order valence-corrected chi connectivity index (χ1v) is 8.11. The predicted molar refractivity (Wildman–Crippen MR) is 95.2 cm³/mol. The molecule has 4 nitrogen and oxygen atoms in total. The Labute approximate surface area is 141 Å². The molecule has 3 rings (SSSR count). The summed E-state index contributed by atoms with van der Waals surface area (Å²) in [5.41, 5.74) is 1.72. The normalized spacial score (nSPS) is 11.5. The monoisotopic (exact) mass is 330 g/mol. The number of hydrogen-bond acceptors (Lipinski definition) is 4. The van der Waals surface area contributed by atoms with Crippen LogP contribution in [0.2, 0.25) is 0 Å². The van der Waals surface area contributed by atoms with E-state index in [1.807, 2.05) is 32.0 Å². The van der Waals surface area contributed by atoms with Crippen LogP contribution in [-0.4, -0.2) is 18.8 Å². The SMILES string of the molecule is CC.COc1c(F)ccc2onc(NCC(C)c3ccccc3)c12. The molecule has 1 atom stereocenters. The molecule has 0 saturated carbocycles. The highest BCUT2D eigenvalue weighted by Crippen LogP contribution is 2.34. The molecule has 0 aliphatic carbocycles. The predicted octanol–water partition coefficient (Wildman–Crippen LogP) is 5.22. The topological polar surface area (TPSA) is 47.3 Å². The van der Waals surface area contributed by atoms with Gasteiger partial charge >= 0.3 is 0 Å². The summed E-state index contributed by atoms with van der Waals surface area (Å²) in [4.78, 5) is 0. The smallest absolute Gasteiger partial charge is 0.181 e. The lowest BCUT2D eigenvalue weighted by Gasteiger charge is -2.12. The number of halogens is 1. The van der Waals surface area contributed by atoms with E-state index in [-0.39, 0.29) is 11.7 Å². The van der Waals surface area contributed by atoms with Crippen LogP contribution in [0.1, 0.15) is 32.3 Å². The van der Waals surface area contributed by atoms with Crippen molar-refractivity contribution in [3.8, 4) is 5.75 Å². The van der Waals surface area contributed by atoms with E-state index >= 15 is 0 Å². The van der Waals surface area contributed by atoms with E-state index in [4.69, 9.17) is 9.26 Å². The second-order valence-electron chi connectivity index (χ2n) is 5.18. The highest BCUT2D eigenvalue weighted by molar-refractivity contribution is 5.94. The van der Waals surface area contributed by atoms with Crippen molar-refractivity contribution in [1.29, 1.82) is 0 Å². The molecule has 1 unspecified atom stereocenters. The van der Waals surface area contributed by atoms with Crippen LogP contribution >= 0.6 is 0 Å². The van der Waals surface area contributed by atoms with Crippen LogP contribution in [-0.2, 0) is 0 Å². The third kappa shape index (κ3) is 3.67. The Morgan fingerprint density at radius 3 is 2.54 bits per heavy atom. The van der Waals surface area contributed by atoms with Crippen LogP contribution in [0.5, 0.6) is 5.75 Å². The number of rotatable bonds is 5. The Morgan fingerprint density at radius 1 is 1.17 bits per heavy atom. The third-order valence-electron chi connectivity index (χ3n) is 3.69. The molecule has 0 radical (unpaired) electrons. The number of methoxy groups -OCH3 is 1. The van der Waals surface area contributed by atoms with Crippen molar-refractivity contribution in [2.24, 2.45) is 0 Å². The number of anilines is 1. The van der Waals surface area contributed by atoms with Gasteiger partial charge in [-0.1, -0.05) is 56.3 Å². The summed E-state index contributed by atoms with van der Waals surface area (Å²) >= 11 is 0. The second-order valence-corrected chi connectivity index (χ2v) is 5.18. The van der Waals surface area contributed by atoms with Gasteiger partial charge in [-0.2, -0.15) is 0 Å². The zero-order chi connectivity index (χ0) is 17.5. The highest BCUT2D eigenvalue weighted by atomic mass is 19.1. The number of fused-ring (bicyclic) bond motifs is 1. The van der Waals surface area contributed by atoms with Crippen molar-refractivity contribution < 1.29 is 13.7 Å². The molecular formula is C19H23FN2O2. The van der Waals surface area contributed by atoms with Gasteiger partial charge in [0.25, 0.3) is 0 Å². The molecule has 5 heteroatoms. The van der Waals surface area contributed by atoms with Crippen LogP contribution in [0.25, 0.3) is 11.0 Å². The molecule has 3 aromatic rings. The van der Waals surface area contributed by atoms with Crippen molar-refractivity contribution in [3.05, 3.63) is 53.8 Å². The first-order chi connectivity index (χ1) is 11.7. The minimum Gasteiger partial charge on any atom is -0.493 e. The first kappa shape index (κ1) is 17.8. The van der Waals surface area contributed by atoms with Gasteiger partial charge in [-0.25, -0.2) is 4.39 Å². The van der Waals surface area contributed by atoms with Gasteiger partial charge in [-0.3, -0.25) is 0 Å². The van der Waals surface area contributed by atoms with Gasteiger partial charge in [0.05, 0.1) is 7.11 Å². The number of ether oxygens (including phenoxy) is 1. The van der Waals surface area contributed by atoms with Crippen molar-refractivity contribution >= 4 is 16.8 Å². The molecular weight excluding hydrogens is 307 g/mol. The minimum atomic E-state index is -0.433. The molecule has 0 aliphatic heterocycles. The zero-order valence-corrected chi connectivity index (χ0v) is 14.5. The zero-order valence-electron chi connectivity index (χ0n) is 14.5. The van der Waals surface area contributed by atoms with Gasteiger partial charge in [0.1, 0.15) is 5.39 Å². The van der Waals surface area contributed by atoms with Crippen LogP contribution in [0, 0.1) is 5.82 Å². The molecule has 2 aromatic carbocycles.